The van der Waals surface area contributed by atoms with Gasteiger partial charge in [0.25, 0.3) is 0 Å². The standard InChI is InChI=1S/C23H22F3N5O4S/c1-30(2)18-11-17(29-22(34)35)16(10-15(18)23(24,25)26)28-20(33)12-19(32)13-5-4-6-14(9-13)31-8-7-27-21(31)36-3/h4-11,29H,12H2,1-3H3,(H,28,33)(H,34,35). The van der Waals surface area contributed by atoms with E-state index >= 15 is 0 Å². The number of hydrogen-bond donors (Lipinski definition) is 3. The lowest BCUT2D eigenvalue weighted by Gasteiger charge is -2.22. The van der Waals surface area contributed by atoms with Crippen molar-refractivity contribution in [2.24, 2.45) is 0 Å². The number of hydrogen-bond acceptors (Lipinski definition) is 6. The predicted molar refractivity (Wildman–Crippen MR) is 130 cm³/mol. The number of nitrogens with one attached hydrogen (secondary N) is 2. The van der Waals surface area contributed by atoms with Crippen LogP contribution in [0.5, 0.6) is 0 Å². The summed E-state index contributed by atoms with van der Waals surface area (Å²) < 4.78 is 42.6. The average Bonchev–Trinajstić information content (AvgIpc) is 3.27. The molecule has 13 heteroatoms. The van der Waals surface area contributed by atoms with Crippen LogP contribution in [-0.2, 0) is 11.0 Å². The number of carboxylic acid groups (broad SMARTS) is 1. The quantitative estimate of drug-likeness (QED) is 0.217. The van der Waals surface area contributed by atoms with Gasteiger partial charge < -0.3 is 15.3 Å². The first-order chi connectivity index (χ1) is 16.9. The zero-order valence-electron chi connectivity index (χ0n) is 19.4. The van der Waals surface area contributed by atoms with Gasteiger partial charge in [-0.15, -0.1) is 0 Å². The summed E-state index contributed by atoms with van der Waals surface area (Å²) in [4.78, 5) is 41.9. The van der Waals surface area contributed by atoms with Gasteiger partial charge in [-0.3, -0.25) is 19.5 Å². The van der Waals surface area contributed by atoms with Gasteiger partial charge >= 0.3 is 12.3 Å². The molecule has 36 heavy (non-hydrogen) atoms. The molecule has 0 fully saturated rings. The van der Waals surface area contributed by atoms with Crippen LogP contribution in [0.15, 0.2) is 53.9 Å². The minimum absolute atomic E-state index is 0.214. The van der Waals surface area contributed by atoms with E-state index < -0.39 is 41.6 Å². The second kappa shape index (κ2) is 10.7. The number of aromatic nitrogens is 2. The Kier molecular flexibility index (Phi) is 7.93. The molecule has 0 radical (unpaired) electrons. The van der Waals surface area contributed by atoms with Crippen LogP contribution in [-0.4, -0.2) is 52.8 Å². The summed E-state index contributed by atoms with van der Waals surface area (Å²) in [5.74, 6) is -1.48. The molecule has 2 amide bonds. The summed E-state index contributed by atoms with van der Waals surface area (Å²) in [6.07, 6.45) is -1.82. The van der Waals surface area contributed by atoms with E-state index in [4.69, 9.17) is 5.11 Å². The number of carbonyl (C=O) groups excluding carboxylic acids is 2. The van der Waals surface area contributed by atoms with E-state index in [1.165, 1.54) is 36.8 Å². The lowest BCUT2D eigenvalue weighted by atomic mass is 10.1. The second-order valence-electron chi connectivity index (χ2n) is 7.72. The van der Waals surface area contributed by atoms with Crippen molar-refractivity contribution in [1.29, 1.82) is 0 Å². The van der Waals surface area contributed by atoms with Crippen LogP contribution in [0.3, 0.4) is 0 Å². The van der Waals surface area contributed by atoms with Crippen molar-refractivity contribution in [2.75, 3.05) is 35.9 Å². The molecule has 1 heterocycles. The van der Waals surface area contributed by atoms with Crippen molar-refractivity contribution < 1.29 is 32.7 Å². The first kappa shape index (κ1) is 26.6. The SMILES string of the molecule is CSc1nccn1-c1cccc(C(=O)CC(=O)Nc2cc(C(F)(F)F)c(N(C)C)cc2NC(=O)O)c1. The van der Waals surface area contributed by atoms with Crippen molar-refractivity contribution in [3.63, 3.8) is 0 Å². The molecule has 3 aromatic rings. The van der Waals surface area contributed by atoms with Gasteiger partial charge in [0, 0.05) is 37.7 Å². The number of benzene rings is 2. The van der Waals surface area contributed by atoms with Crippen LogP contribution in [0.1, 0.15) is 22.3 Å². The molecule has 0 atom stereocenters. The van der Waals surface area contributed by atoms with E-state index in [2.05, 4.69) is 10.3 Å². The largest absolute Gasteiger partial charge is 0.465 e. The van der Waals surface area contributed by atoms with Gasteiger partial charge in [0.15, 0.2) is 10.9 Å². The molecule has 9 nitrogen and oxygen atoms in total. The van der Waals surface area contributed by atoms with Gasteiger partial charge in [0.1, 0.15) is 0 Å². The lowest BCUT2D eigenvalue weighted by molar-refractivity contribution is -0.137. The number of Topliss-reactive ketones (excluding diaryl/α,β-unsaturated/α-hetero) is 1. The van der Waals surface area contributed by atoms with Crippen molar-refractivity contribution in [3.8, 4) is 5.69 Å². The topological polar surface area (TPSA) is 117 Å². The number of anilines is 3. The van der Waals surface area contributed by atoms with Crippen molar-refractivity contribution >= 4 is 46.6 Å². The molecule has 0 aliphatic rings. The molecule has 3 N–H and O–H groups in total. The normalized spacial score (nSPS) is 11.2. The van der Waals surface area contributed by atoms with E-state index in [9.17, 15) is 27.6 Å². The summed E-state index contributed by atoms with van der Waals surface area (Å²) in [5, 5.41) is 14.0. The maximum atomic E-state index is 13.6. The first-order valence-electron chi connectivity index (χ1n) is 10.3. The number of carbonyl (C=O) groups is 3. The van der Waals surface area contributed by atoms with Crippen molar-refractivity contribution in [1.82, 2.24) is 9.55 Å². The Morgan fingerprint density at radius 2 is 1.81 bits per heavy atom. The minimum atomic E-state index is -4.78. The number of rotatable bonds is 8. The van der Waals surface area contributed by atoms with Gasteiger partial charge in [-0.2, -0.15) is 13.2 Å². The highest BCUT2D eigenvalue weighted by Crippen LogP contribution is 2.41. The Labute approximate surface area is 208 Å². The van der Waals surface area contributed by atoms with Crippen molar-refractivity contribution in [2.45, 2.75) is 17.8 Å². The van der Waals surface area contributed by atoms with E-state index in [0.717, 1.165) is 6.07 Å². The highest BCUT2D eigenvalue weighted by atomic mass is 32.2. The summed E-state index contributed by atoms with van der Waals surface area (Å²) in [6.45, 7) is 0. The number of amides is 2. The van der Waals surface area contributed by atoms with Crippen LogP contribution in [0.2, 0.25) is 0 Å². The van der Waals surface area contributed by atoms with Gasteiger partial charge in [-0.05, 0) is 30.5 Å². The zero-order chi connectivity index (χ0) is 26.6. The zero-order valence-corrected chi connectivity index (χ0v) is 20.2. The summed E-state index contributed by atoms with van der Waals surface area (Å²) in [6, 6.07) is 8.07. The molecular formula is C23H22F3N5O4S. The molecule has 0 aliphatic carbocycles. The third-order valence-corrected chi connectivity index (χ3v) is 5.66. The highest BCUT2D eigenvalue weighted by molar-refractivity contribution is 7.98. The minimum Gasteiger partial charge on any atom is -0.465 e. The molecule has 190 valence electrons. The fourth-order valence-electron chi connectivity index (χ4n) is 3.42. The Bertz CT molecular complexity index is 1310. The molecular weight excluding hydrogens is 499 g/mol. The average molecular weight is 522 g/mol. The number of halogens is 3. The van der Waals surface area contributed by atoms with E-state index in [1.807, 2.05) is 11.6 Å². The number of imidazole rings is 1. The van der Waals surface area contributed by atoms with Gasteiger partial charge in [-0.1, -0.05) is 23.9 Å². The fourth-order valence-corrected chi connectivity index (χ4v) is 3.95. The molecule has 0 bridgehead atoms. The molecule has 0 saturated heterocycles. The Balaban J connectivity index is 1.87. The fraction of sp³-hybridized carbons (Fsp3) is 0.217. The third kappa shape index (κ3) is 6.16. The summed E-state index contributed by atoms with van der Waals surface area (Å²) in [5.41, 5.74) is -1.23. The molecule has 0 unspecified atom stereocenters. The Morgan fingerprint density at radius 3 is 2.42 bits per heavy atom. The highest BCUT2D eigenvalue weighted by Gasteiger charge is 2.35. The Hall–Kier alpha value is -4.00. The molecule has 1 aromatic heterocycles. The third-order valence-electron chi connectivity index (χ3n) is 5.00. The maximum Gasteiger partial charge on any atom is 0.418 e. The van der Waals surface area contributed by atoms with Crippen LogP contribution in [0, 0.1) is 0 Å². The number of nitrogens with zero attached hydrogens (tertiary/aromatic N) is 3. The molecule has 3 rings (SSSR count). The second-order valence-corrected chi connectivity index (χ2v) is 8.49. The van der Waals surface area contributed by atoms with Crippen LogP contribution in [0.25, 0.3) is 5.69 Å². The van der Waals surface area contributed by atoms with Crippen LogP contribution < -0.4 is 15.5 Å². The lowest BCUT2D eigenvalue weighted by Crippen LogP contribution is -2.21. The molecule has 0 spiro atoms. The molecule has 0 aliphatic heterocycles. The number of thioether (sulfide) groups is 1. The van der Waals surface area contributed by atoms with Gasteiger partial charge in [-0.25, -0.2) is 9.78 Å². The number of alkyl halides is 3. The maximum absolute atomic E-state index is 13.6. The van der Waals surface area contributed by atoms with E-state index in [-0.39, 0.29) is 16.9 Å². The smallest absolute Gasteiger partial charge is 0.418 e. The predicted octanol–water partition coefficient (Wildman–Crippen LogP) is 4.98. The molecule has 0 saturated carbocycles. The van der Waals surface area contributed by atoms with Gasteiger partial charge in [0.05, 0.1) is 29.0 Å². The van der Waals surface area contributed by atoms with E-state index in [1.54, 1.807) is 35.2 Å². The van der Waals surface area contributed by atoms with Crippen LogP contribution >= 0.6 is 11.8 Å². The molecule has 2 aromatic carbocycles. The Morgan fingerprint density at radius 1 is 1.11 bits per heavy atom. The monoisotopic (exact) mass is 521 g/mol. The first-order valence-corrected chi connectivity index (χ1v) is 11.6. The van der Waals surface area contributed by atoms with Crippen LogP contribution in [0.4, 0.5) is 35.0 Å². The number of ketones is 1. The van der Waals surface area contributed by atoms with Gasteiger partial charge in [0.2, 0.25) is 5.91 Å². The summed E-state index contributed by atoms with van der Waals surface area (Å²) in [7, 11) is 2.73. The van der Waals surface area contributed by atoms with Crippen molar-refractivity contribution in [3.05, 3.63) is 59.9 Å². The van der Waals surface area contributed by atoms with E-state index in [0.29, 0.717) is 16.9 Å². The summed E-state index contributed by atoms with van der Waals surface area (Å²) >= 11 is 1.41.